The number of para-hydroxylation sites is 1. The van der Waals surface area contributed by atoms with E-state index in [-0.39, 0.29) is 12.5 Å². The fourth-order valence-electron chi connectivity index (χ4n) is 2.71. The third-order valence-corrected chi connectivity index (χ3v) is 5.10. The molecule has 110 valence electrons. The molecule has 1 aliphatic rings. The van der Waals surface area contributed by atoms with Crippen molar-refractivity contribution in [2.45, 2.75) is 17.2 Å². The van der Waals surface area contributed by atoms with Crippen LogP contribution in [0.4, 0.5) is 0 Å². The Morgan fingerprint density at radius 2 is 2.35 bits per heavy atom. The Morgan fingerprint density at radius 3 is 2.90 bits per heavy atom. The number of amides is 1. The number of carbonyl (C=O) groups is 1. The van der Waals surface area contributed by atoms with Crippen LogP contribution in [0.15, 0.2) is 24.3 Å². The van der Waals surface area contributed by atoms with E-state index in [0.717, 1.165) is 17.9 Å². The van der Waals surface area contributed by atoms with Gasteiger partial charge in [0, 0.05) is 30.4 Å². The molecule has 1 amide bonds. The molecule has 6 heteroatoms. The summed E-state index contributed by atoms with van der Waals surface area (Å²) in [5.41, 5.74) is 6.54. The Balaban J connectivity index is 2.47. The normalized spacial score (nSPS) is 23.5. The van der Waals surface area contributed by atoms with Crippen molar-refractivity contribution in [2.24, 2.45) is 5.73 Å². The highest BCUT2D eigenvalue weighted by Gasteiger charge is 2.48. The lowest BCUT2D eigenvalue weighted by Crippen LogP contribution is -2.54. The Morgan fingerprint density at radius 1 is 1.60 bits per heavy atom. The van der Waals surface area contributed by atoms with Crippen molar-refractivity contribution in [3.63, 3.8) is 0 Å². The first-order valence-electron chi connectivity index (χ1n) is 6.58. The average Bonchev–Trinajstić information content (AvgIpc) is 2.95. The molecule has 1 heterocycles. The number of ether oxygens (including phenoxy) is 1. The Kier molecular flexibility index (Phi) is 4.91. The highest BCUT2D eigenvalue weighted by atomic mass is 32.2. The van der Waals surface area contributed by atoms with Gasteiger partial charge in [-0.3, -0.25) is 10.1 Å². The highest BCUT2D eigenvalue weighted by molar-refractivity contribution is 8.01. The first kappa shape index (κ1) is 15.2. The predicted octanol–water partition coefficient (Wildman–Crippen LogP) is 0.679. The Bertz CT molecular complexity index is 475. The van der Waals surface area contributed by atoms with Gasteiger partial charge in [-0.25, -0.2) is 0 Å². The van der Waals surface area contributed by atoms with Crippen LogP contribution in [0.5, 0.6) is 5.75 Å². The van der Waals surface area contributed by atoms with E-state index in [1.54, 1.807) is 7.11 Å². The Hall–Kier alpha value is -1.24. The summed E-state index contributed by atoms with van der Waals surface area (Å²) in [6.45, 7) is 0.713. The van der Waals surface area contributed by atoms with Gasteiger partial charge in [-0.05, 0) is 12.5 Å². The largest absolute Gasteiger partial charge is 0.496 e. The molecule has 1 aliphatic heterocycles. The van der Waals surface area contributed by atoms with Gasteiger partial charge in [0.2, 0.25) is 5.91 Å². The number of nitrogens with two attached hydrogens (primary N) is 1. The van der Waals surface area contributed by atoms with E-state index in [0.29, 0.717) is 12.2 Å². The predicted molar refractivity (Wildman–Crippen MR) is 79.8 cm³/mol. The number of methoxy groups -OCH3 is 1. The van der Waals surface area contributed by atoms with Crippen molar-refractivity contribution in [3.8, 4) is 5.75 Å². The number of benzene rings is 1. The maximum Gasteiger partial charge on any atom is 0.248 e. The van der Waals surface area contributed by atoms with Gasteiger partial charge in [0.15, 0.2) is 4.87 Å². The second-order valence-corrected chi connectivity index (χ2v) is 6.02. The number of hydrogen-bond donors (Lipinski definition) is 3. The summed E-state index contributed by atoms with van der Waals surface area (Å²) in [5, 5.41) is 12.6. The van der Waals surface area contributed by atoms with Crippen LogP contribution in [0.25, 0.3) is 0 Å². The third-order valence-electron chi connectivity index (χ3n) is 3.61. The number of thioether (sulfide) groups is 1. The monoisotopic (exact) mass is 296 g/mol. The van der Waals surface area contributed by atoms with E-state index < -0.39 is 10.8 Å². The van der Waals surface area contributed by atoms with E-state index in [9.17, 15) is 9.90 Å². The lowest BCUT2D eigenvalue weighted by Gasteiger charge is -2.34. The molecule has 0 aromatic heterocycles. The first-order chi connectivity index (χ1) is 9.65. The van der Waals surface area contributed by atoms with Crippen LogP contribution < -0.4 is 15.8 Å². The van der Waals surface area contributed by atoms with Crippen molar-refractivity contribution in [2.75, 3.05) is 26.0 Å². The zero-order chi connectivity index (χ0) is 14.6. The van der Waals surface area contributed by atoms with E-state index in [1.807, 2.05) is 24.3 Å². The number of carbonyl (C=O) groups excluding carboxylic acids is 1. The average molecular weight is 296 g/mol. The van der Waals surface area contributed by atoms with Crippen LogP contribution in [-0.2, 0) is 4.79 Å². The van der Waals surface area contributed by atoms with Crippen molar-refractivity contribution in [1.82, 2.24) is 5.32 Å². The smallest absolute Gasteiger partial charge is 0.248 e. The van der Waals surface area contributed by atoms with Crippen LogP contribution in [0.3, 0.4) is 0 Å². The summed E-state index contributed by atoms with van der Waals surface area (Å²) in [6.07, 6.45) is 0.448. The fraction of sp³-hybridized carbons (Fsp3) is 0.500. The van der Waals surface area contributed by atoms with Gasteiger partial charge in [0.05, 0.1) is 7.11 Å². The lowest BCUT2D eigenvalue weighted by atomic mass is 9.87. The van der Waals surface area contributed by atoms with E-state index in [4.69, 9.17) is 10.5 Å². The molecule has 1 aromatic carbocycles. The minimum atomic E-state index is -0.878. The number of hydrogen-bond acceptors (Lipinski definition) is 5. The summed E-state index contributed by atoms with van der Waals surface area (Å²) in [7, 11) is 1.60. The molecule has 2 rings (SSSR count). The third kappa shape index (κ3) is 2.63. The van der Waals surface area contributed by atoms with Crippen LogP contribution >= 0.6 is 11.8 Å². The molecular weight excluding hydrogens is 276 g/mol. The second-order valence-electron chi connectivity index (χ2n) is 4.68. The zero-order valence-corrected chi connectivity index (χ0v) is 12.3. The van der Waals surface area contributed by atoms with Gasteiger partial charge in [-0.15, -0.1) is 11.8 Å². The molecule has 0 spiro atoms. The summed E-state index contributed by atoms with van der Waals surface area (Å²) in [5.74, 6) is 0.902. The molecule has 1 saturated heterocycles. The van der Waals surface area contributed by atoms with Gasteiger partial charge in [0.1, 0.15) is 5.75 Å². The number of rotatable bonds is 6. The zero-order valence-electron chi connectivity index (χ0n) is 11.5. The van der Waals surface area contributed by atoms with Crippen molar-refractivity contribution < 1.29 is 14.6 Å². The van der Waals surface area contributed by atoms with Gasteiger partial charge < -0.3 is 15.6 Å². The number of aliphatic hydroxyl groups excluding tert-OH is 1. The molecule has 0 radical (unpaired) electrons. The summed E-state index contributed by atoms with van der Waals surface area (Å²) < 4.78 is 5.39. The molecule has 5 nitrogen and oxygen atoms in total. The standard InChI is InChI=1S/C14H20N2O3S/c1-19-12-5-3-2-4-10(12)11(6-8-17)14(13(15)18)16-7-9-20-14/h2-5,11,16-17H,6-9H2,1H3,(H2,15,18). The van der Waals surface area contributed by atoms with Gasteiger partial charge in [0.25, 0.3) is 0 Å². The molecule has 2 unspecified atom stereocenters. The van der Waals surface area contributed by atoms with Gasteiger partial charge in [-0.2, -0.15) is 0 Å². The fourth-order valence-corrected chi connectivity index (χ4v) is 4.03. The van der Waals surface area contributed by atoms with Crippen LogP contribution in [0.1, 0.15) is 17.9 Å². The van der Waals surface area contributed by atoms with E-state index >= 15 is 0 Å². The molecule has 4 N–H and O–H groups in total. The van der Waals surface area contributed by atoms with Crippen LogP contribution in [0.2, 0.25) is 0 Å². The van der Waals surface area contributed by atoms with Gasteiger partial charge in [-0.1, -0.05) is 18.2 Å². The van der Waals surface area contributed by atoms with Crippen molar-refractivity contribution in [3.05, 3.63) is 29.8 Å². The number of primary amides is 1. The molecule has 0 aliphatic carbocycles. The minimum Gasteiger partial charge on any atom is -0.496 e. The van der Waals surface area contributed by atoms with E-state index in [2.05, 4.69) is 5.32 Å². The first-order valence-corrected chi connectivity index (χ1v) is 7.57. The molecule has 2 atom stereocenters. The quantitative estimate of drug-likeness (QED) is 0.719. The summed E-state index contributed by atoms with van der Waals surface area (Å²) in [4.78, 5) is 11.2. The maximum atomic E-state index is 12.0. The topological polar surface area (TPSA) is 84.6 Å². The SMILES string of the molecule is COc1ccccc1C(CCO)C1(C(N)=O)NCCS1. The molecule has 0 saturated carbocycles. The maximum absolute atomic E-state index is 12.0. The number of nitrogens with one attached hydrogen (secondary N) is 1. The summed E-state index contributed by atoms with van der Waals surface area (Å²) >= 11 is 1.51. The molecular formula is C14H20N2O3S. The van der Waals surface area contributed by atoms with E-state index in [1.165, 1.54) is 11.8 Å². The van der Waals surface area contributed by atoms with Crippen LogP contribution in [0, 0.1) is 0 Å². The van der Waals surface area contributed by atoms with Crippen molar-refractivity contribution >= 4 is 17.7 Å². The molecule has 0 bridgehead atoms. The van der Waals surface area contributed by atoms with Crippen molar-refractivity contribution in [1.29, 1.82) is 0 Å². The van der Waals surface area contributed by atoms with Crippen LogP contribution in [-0.4, -0.2) is 41.9 Å². The summed E-state index contributed by atoms with van der Waals surface area (Å²) in [6, 6.07) is 7.56. The second kappa shape index (κ2) is 6.47. The lowest BCUT2D eigenvalue weighted by molar-refractivity contribution is -0.121. The Labute approximate surface area is 122 Å². The highest BCUT2D eigenvalue weighted by Crippen LogP contribution is 2.44. The molecule has 1 fully saturated rings. The minimum absolute atomic E-state index is 0.0139. The van der Waals surface area contributed by atoms with Gasteiger partial charge >= 0.3 is 0 Å². The molecule has 20 heavy (non-hydrogen) atoms. The molecule has 1 aromatic rings. The number of aliphatic hydroxyl groups is 1.